The number of pyridine rings is 1. The molecule has 2 fully saturated rings. The number of fused-ring (bicyclic) bond motifs is 6. The van der Waals surface area contributed by atoms with Gasteiger partial charge in [-0.25, -0.2) is 14.8 Å². The van der Waals surface area contributed by atoms with Crippen molar-refractivity contribution >= 4 is 56.3 Å². The summed E-state index contributed by atoms with van der Waals surface area (Å²) in [7, 11) is 7.43. The van der Waals surface area contributed by atoms with E-state index in [1.165, 1.54) is 16.2 Å². The summed E-state index contributed by atoms with van der Waals surface area (Å²) in [5.41, 5.74) is 6.30. The van der Waals surface area contributed by atoms with Crippen LogP contribution >= 0.6 is 11.3 Å². The minimum Gasteiger partial charge on any atom is -0.464 e. The van der Waals surface area contributed by atoms with E-state index < -0.39 is 28.6 Å². The predicted molar refractivity (Wildman–Crippen MR) is 263 cm³/mol. The Morgan fingerprint density at radius 2 is 1.83 bits per heavy atom. The number of likely N-dealkylation sites (tertiary alicyclic amines) is 1. The molecule has 2 saturated heterocycles. The third-order valence-electron chi connectivity index (χ3n) is 14.0. The van der Waals surface area contributed by atoms with Crippen LogP contribution in [0.25, 0.3) is 33.4 Å². The molecule has 0 aliphatic carbocycles. The number of ether oxygens (including phenoxy) is 2. The summed E-state index contributed by atoms with van der Waals surface area (Å²) in [6.45, 7) is 17.5. The highest BCUT2D eigenvalue weighted by Gasteiger charge is 2.47. The Morgan fingerprint density at radius 3 is 2.50 bits per heavy atom. The van der Waals surface area contributed by atoms with Crippen molar-refractivity contribution < 1.29 is 28.7 Å². The lowest BCUT2D eigenvalue weighted by Crippen LogP contribution is -2.69. The van der Waals surface area contributed by atoms with Crippen molar-refractivity contribution in [3.8, 4) is 22.5 Å². The maximum absolute atomic E-state index is 15.3. The zero-order valence-corrected chi connectivity index (χ0v) is 44.0. The zero-order valence-electron chi connectivity index (χ0n) is 41.1. The molecule has 3 aliphatic heterocycles. The van der Waals surface area contributed by atoms with Crippen LogP contribution in [0.4, 0.5) is 4.79 Å². The number of nitrogens with zero attached hydrogens (tertiary/aromatic N) is 8. The molecule has 6 heterocycles. The average molecular weight is 942 g/mol. The number of amides is 4. The van der Waals surface area contributed by atoms with E-state index in [4.69, 9.17) is 19.4 Å². The monoisotopic (exact) mass is 942 g/mol. The van der Waals surface area contributed by atoms with Crippen LogP contribution in [0.3, 0.4) is 0 Å². The normalized spacial score (nSPS) is 22.9. The van der Waals surface area contributed by atoms with Crippen molar-refractivity contribution in [2.75, 3.05) is 61.0 Å². The van der Waals surface area contributed by atoms with Crippen molar-refractivity contribution in [1.82, 2.24) is 44.6 Å². The van der Waals surface area contributed by atoms with E-state index in [2.05, 4.69) is 59.8 Å². The van der Waals surface area contributed by atoms with Crippen molar-refractivity contribution in [3.63, 3.8) is 0 Å². The largest absolute Gasteiger partial charge is 0.464 e. The number of hydrazine groups is 1. The molecule has 15 nitrogen and oxygen atoms in total. The fourth-order valence-electron chi connectivity index (χ4n) is 10.4. The number of methoxy groups -OCH3 is 1. The van der Waals surface area contributed by atoms with Gasteiger partial charge in [0.2, 0.25) is 5.91 Å². The van der Waals surface area contributed by atoms with Gasteiger partial charge in [-0.15, -0.1) is 11.3 Å². The van der Waals surface area contributed by atoms with Crippen LogP contribution in [-0.2, 0) is 43.2 Å². The Morgan fingerprint density at radius 1 is 1.08 bits per heavy atom. The maximum atomic E-state index is 15.3. The first-order valence-electron chi connectivity index (χ1n) is 23.7. The summed E-state index contributed by atoms with van der Waals surface area (Å²) in [6, 6.07) is 8.79. The Hall–Kier alpha value is -4.68. The van der Waals surface area contributed by atoms with Crippen LogP contribution in [0.15, 0.2) is 41.9 Å². The van der Waals surface area contributed by atoms with Gasteiger partial charge in [-0.3, -0.25) is 24.4 Å². The molecule has 4 aromatic rings. The van der Waals surface area contributed by atoms with E-state index in [1.807, 2.05) is 51.2 Å². The molecule has 0 radical (unpaired) electrons. The molecule has 3 aliphatic rings. The van der Waals surface area contributed by atoms with Gasteiger partial charge in [0, 0.05) is 109 Å². The number of benzene rings is 1. The number of aryl methyl sites for hydroxylation is 1. The van der Waals surface area contributed by atoms with Gasteiger partial charge in [0.15, 0.2) is 0 Å². The number of likely N-dealkylation sites (N-methyl/N-ethyl adjacent to an activating group) is 4. The van der Waals surface area contributed by atoms with Crippen LogP contribution in [0.5, 0.6) is 0 Å². The molecule has 7 rings (SSSR count). The molecule has 0 saturated carbocycles. The van der Waals surface area contributed by atoms with Crippen LogP contribution < -0.4 is 5.32 Å². The van der Waals surface area contributed by atoms with Gasteiger partial charge >= 0.3 is 12.0 Å². The number of hydrogen-bond donors (Lipinski definition) is 1. The molecule has 0 spiro atoms. The van der Waals surface area contributed by atoms with Crippen molar-refractivity contribution in [2.24, 2.45) is 11.3 Å². The number of hydrogen-bond acceptors (Lipinski definition) is 11. The van der Waals surface area contributed by atoms with E-state index in [0.717, 1.165) is 64.2 Å². The standard InChI is InChI=1S/C49H71N9O6SSi/c1-12-56-38-19-18-32-24-35(38)36(43(56)34-16-14-21-50-41(34)31(5)63-11)25-48(6,7)29-64-45(60)39-17-15-22-58(57(39)13-2)46(61)49(66,26-40-51-37(32)28-65-40)52-44(59)42(30(3)4)55(10)47(62)54(9)33-20-23-53(8)27-33/h14,16,18-19,21,24,28,30-31,33,39,42H,12-13,15,17,20,22-23,25-27,29H2,1-11,66H3,(H,52,59)/t31-,33+,39-,42-,49-/m0/s1. The summed E-state index contributed by atoms with van der Waals surface area (Å²) in [5.74, 6) is -1.33. The molecule has 17 heteroatoms. The van der Waals surface area contributed by atoms with Gasteiger partial charge in [-0.2, -0.15) is 0 Å². The second-order valence-electron chi connectivity index (χ2n) is 19.9. The lowest BCUT2D eigenvalue weighted by Gasteiger charge is -2.46. The SMILES string of the molecule is CCN1[C@H]2CCCN1C(=O)[C@]([SiH3])(NC(=O)[C@H](C(C)C)N(C)C(=O)N(C)[C@@H]1CCN(C)C1)Cc1nc(cs1)-c1ccc3c(c1)c(c(-c1cccnc1[C@H](C)OC)n3CC)CC(C)(C)COC2=O. The molecule has 1 N–H and O–H groups in total. The van der Waals surface area contributed by atoms with Crippen molar-refractivity contribution in [1.29, 1.82) is 0 Å². The van der Waals surface area contributed by atoms with Gasteiger partial charge in [-0.05, 0) is 88.9 Å². The molecule has 66 heavy (non-hydrogen) atoms. The van der Waals surface area contributed by atoms with Crippen LogP contribution in [0.1, 0.15) is 90.1 Å². The topological polar surface area (TPSA) is 146 Å². The summed E-state index contributed by atoms with van der Waals surface area (Å²) < 4.78 is 14.5. The highest BCUT2D eigenvalue weighted by molar-refractivity contribution is 7.10. The van der Waals surface area contributed by atoms with E-state index in [9.17, 15) is 14.4 Å². The number of nitrogens with one attached hydrogen (secondary N) is 1. The molecule has 4 amide bonds. The number of carbonyl (C=O) groups is 4. The molecule has 1 aromatic carbocycles. The second kappa shape index (κ2) is 19.9. The quantitative estimate of drug-likeness (QED) is 0.164. The fraction of sp³-hybridized carbons (Fsp3) is 0.592. The Bertz CT molecular complexity index is 2440. The van der Waals surface area contributed by atoms with E-state index in [1.54, 1.807) is 37.3 Å². The van der Waals surface area contributed by atoms with Gasteiger partial charge in [0.1, 0.15) is 17.2 Å². The highest BCUT2D eigenvalue weighted by Crippen LogP contribution is 2.42. The Kier molecular flexibility index (Phi) is 14.8. The molecule has 5 atom stereocenters. The molecular weight excluding hydrogens is 871 g/mol. The Balaban J connectivity index is 1.33. The third kappa shape index (κ3) is 9.69. The summed E-state index contributed by atoms with van der Waals surface area (Å²) >= 11 is 1.46. The van der Waals surface area contributed by atoms with Gasteiger partial charge < -0.3 is 34.1 Å². The Labute approximate surface area is 397 Å². The summed E-state index contributed by atoms with van der Waals surface area (Å²) in [6.07, 6.45) is 4.27. The lowest BCUT2D eigenvalue weighted by molar-refractivity contribution is -0.179. The predicted octanol–water partition coefficient (Wildman–Crippen LogP) is 5.34. The first-order chi connectivity index (χ1) is 31.3. The highest BCUT2D eigenvalue weighted by atomic mass is 32.1. The number of cyclic esters (lactones) is 1. The first-order valence-corrected chi connectivity index (χ1v) is 25.5. The fourth-order valence-corrected chi connectivity index (χ4v) is 12.4. The molecule has 358 valence electrons. The molecule has 0 unspecified atom stereocenters. The van der Waals surface area contributed by atoms with E-state index in [-0.39, 0.29) is 59.2 Å². The zero-order chi connectivity index (χ0) is 47.8. The second-order valence-corrected chi connectivity index (χ2v) is 22.6. The lowest BCUT2D eigenvalue weighted by atomic mass is 9.84. The van der Waals surface area contributed by atoms with E-state index in [0.29, 0.717) is 43.9 Å². The third-order valence-corrected chi connectivity index (χ3v) is 15.9. The van der Waals surface area contributed by atoms with Gasteiger partial charge in [-0.1, -0.05) is 40.7 Å². The minimum absolute atomic E-state index is 0.0395. The molecular formula is C49H71N9O6SSi. The smallest absolute Gasteiger partial charge is 0.325 e. The van der Waals surface area contributed by atoms with E-state index >= 15 is 4.79 Å². The van der Waals surface area contributed by atoms with Gasteiger partial charge in [0.25, 0.3) is 5.91 Å². The summed E-state index contributed by atoms with van der Waals surface area (Å²) in [4.78, 5) is 74.0. The first kappa shape index (κ1) is 49.2. The minimum atomic E-state index is -1.37. The molecule has 6 bridgehead atoms. The number of esters is 1. The number of urea groups is 1. The average Bonchev–Trinajstić information content (AvgIpc) is 4.03. The van der Waals surface area contributed by atoms with Crippen LogP contribution in [0, 0.1) is 11.3 Å². The molecule has 3 aromatic heterocycles. The number of thiazole rings is 1. The summed E-state index contributed by atoms with van der Waals surface area (Å²) in [5, 5.41) is 9.17. The van der Waals surface area contributed by atoms with Crippen molar-refractivity contribution in [2.45, 2.75) is 117 Å². The van der Waals surface area contributed by atoms with Crippen LogP contribution in [-0.4, -0.2) is 158 Å². The van der Waals surface area contributed by atoms with Gasteiger partial charge in [0.05, 0.1) is 34.8 Å². The maximum Gasteiger partial charge on any atom is 0.325 e. The number of aromatic nitrogens is 3. The van der Waals surface area contributed by atoms with Crippen LogP contribution in [0.2, 0.25) is 0 Å². The number of carbonyl (C=O) groups excluding carboxylic acids is 4. The van der Waals surface area contributed by atoms with Crippen molar-refractivity contribution in [3.05, 3.63) is 58.2 Å². The number of rotatable bonds is 10.